The van der Waals surface area contributed by atoms with E-state index in [0.717, 1.165) is 37.4 Å². The molecule has 1 saturated heterocycles. The Morgan fingerprint density at radius 2 is 2.33 bits per heavy atom. The molecule has 1 fully saturated rings. The Morgan fingerprint density at radius 1 is 1.52 bits per heavy atom. The fourth-order valence-electron chi connectivity index (χ4n) is 2.99. The lowest BCUT2D eigenvalue weighted by atomic mass is 10.1. The van der Waals surface area contributed by atoms with E-state index in [0.29, 0.717) is 10.8 Å². The van der Waals surface area contributed by atoms with Crippen LogP contribution in [0.5, 0.6) is 0 Å². The van der Waals surface area contributed by atoms with E-state index < -0.39 is 0 Å². The number of carbonyl (C=O) groups is 1. The summed E-state index contributed by atoms with van der Waals surface area (Å²) in [6.07, 6.45) is 1.03. The number of carbonyl (C=O) groups excluding carboxylic acids is 1. The van der Waals surface area contributed by atoms with Gasteiger partial charge in [-0.3, -0.25) is 4.40 Å². The van der Waals surface area contributed by atoms with Crippen LogP contribution in [-0.4, -0.2) is 47.0 Å². The van der Waals surface area contributed by atoms with Gasteiger partial charge in [-0.2, -0.15) is 0 Å². The van der Waals surface area contributed by atoms with Crippen molar-refractivity contribution in [2.75, 3.05) is 26.7 Å². The molecule has 0 amide bonds. The van der Waals surface area contributed by atoms with Crippen molar-refractivity contribution in [3.05, 3.63) is 34.9 Å². The van der Waals surface area contributed by atoms with Gasteiger partial charge in [0.05, 0.1) is 12.6 Å². The van der Waals surface area contributed by atoms with E-state index in [1.165, 1.54) is 7.11 Å². The highest BCUT2D eigenvalue weighted by molar-refractivity contribution is 6.32. The van der Waals surface area contributed by atoms with Crippen LogP contribution in [0.2, 0.25) is 5.15 Å². The number of esters is 1. The molecule has 6 heteroatoms. The third-order valence-electron chi connectivity index (χ3n) is 4.12. The van der Waals surface area contributed by atoms with E-state index in [1.54, 1.807) is 12.1 Å². The molecule has 1 aliphatic rings. The van der Waals surface area contributed by atoms with Gasteiger partial charge in [-0.1, -0.05) is 24.6 Å². The number of fused-ring (bicyclic) bond motifs is 1. The lowest BCUT2D eigenvalue weighted by Crippen LogP contribution is -2.20. The molecule has 0 N–H and O–H groups in total. The van der Waals surface area contributed by atoms with Gasteiger partial charge in [0.2, 0.25) is 0 Å². The van der Waals surface area contributed by atoms with Crippen LogP contribution >= 0.6 is 11.6 Å². The first-order valence-corrected chi connectivity index (χ1v) is 7.51. The Balaban J connectivity index is 2.12. The van der Waals surface area contributed by atoms with Gasteiger partial charge in [-0.25, -0.2) is 9.78 Å². The Kier molecular flexibility index (Phi) is 3.87. The minimum Gasteiger partial charge on any atom is -0.464 e. The number of ether oxygens (including phenoxy) is 1. The molecule has 3 rings (SSSR count). The van der Waals surface area contributed by atoms with Crippen LogP contribution in [0.25, 0.3) is 5.52 Å². The van der Waals surface area contributed by atoms with Gasteiger partial charge in [0.15, 0.2) is 5.15 Å². The average molecular weight is 308 g/mol. The molecular formula is C15H18ClN3O2. The van der Waals surface area contributed by atoms with Gasteiger partial charge in [-0.05, 0) is 31.6 Å². The maximum Gasteiger partial charge on any atom is 0.355 e. The number of aromatic nitrogens is 2. The number of likely N-dealkylation sites (tertiary alicyclic amines) is 1. The molecule has 0 bridgehead atoms. The summed E-state index contributed by atoms with van der Waals surface area (Å²) in [4.78, 5) is 18.9. The standard InChI is InChI=1S/C15H18ClN3O2/c1-3-18-8-7-10(9-18)14-17-13(16)11-5-4-6-12(19(11)14)15(20)21-2/h4-6,10H,3,7-9H2,1-2H3. The molecule has 5 nitrogen and oxygen atoms in total. The van der Waals surface area contributed by atoms with Crippen LogP contribution in [0.4, 0.5) is 0 Å². The monoisotopic (exact) mass is 307 g/mol. The third kappa shape index (κ3) is 2.40. The lowest BCUT2D eigenvalue weighted by molar-refractivity contribution is 0.0592. The first-order chi connectivity index (χ1) is 10.2. The first kappa shape index (κ1) is 14.4. The molecule has 1 aliphatic heterocycles. The van der Waals surface area contributed by atoms with Crippen molar-refractivity contribution in [1.29, 1.82) is 0 Å². The number of methoxy groups -OCH3 is 1. The second-order valence-corrected chi connectivity index (χ2v) is 5.62. The molecule has 0 aromatic carbocycles. The Hall–Kier alpha value is -1.59. The predicted molar refractivity (Wildman–Crippen MR) is 81.0 cm³/mol. The number of imidazole rings is 1. The highest BCUT2D eigenvalue weighted by Crippen LogP contribution is 2.30. The van der Waals surface area contributed by atoms with Crippen molar-refractivity contribution in [3.8, 4) is 0 Å². The van der Waals surface area contributed by atoms with Gasteiger partial charge < -0.3 is 9.64 Å². The summed E-state index contributed by atoms with van der Waals surface area (Å²) >= 11 is 6.25. The highest BCUT2D eigenvalue weighted by Gasteiger charge is 2.28. The van der Waals surface area contributed by atoms with Gasteiger partial charge in [0.1, 0.15) is 11.5 Å². The molecule has 1 atom stereocenters. The SMILES string of the molecule is CCN1CCC(c2nc(Cl)c3cccc(C(=O)OC)n23)C1. The average Bonchev–Trinajstić information content (AvgIpc) is 3.11. The summed E-state index contributed by atoms with van der Waals surface area (Å²) in [5.41, 5.74) is 1.23. The Morgan fingerprint density at radius 3 is 3.00 bits per heavy atom. The zero-order valence-electron chi connectivity index (χ0n) is 12.2. The van der Waals surface area contributed by atoms with Gasteiger partial charge in [-0.15, -0.1) is 0 Å². The van der Waals surface area contributed by atoms with Gasteiger partial charge in [0, 0.05) is 12.5 Å². The fraction of sp³-hybridized carbons (Fsp3) is 0.467. The fourth-order valence-corrected chi connectivity index (χ4v) is 3.23. The minimum atomic E-state index is -0.374. The van der Waals surface area contributed by atoms with Crippen molar-refractivity contribution in [1.82, 2.24) is 14.3 Å². The number of hydrogen-bond acceptors (Lipinski definition) is 4. The maximum absolute atomic E-state index is 12.0. The zero-order valence-corrected chi connectivity index (χ0v) is 12.9. The highest BCUT2D eigenvalue weighted by atomic mass is 35.5. The van der Waals surface area contributed by atoms with E-state index in [9.17, 15) is 4.79 Å². The summed E-state index contributed by atoms with van der Waals surface area (Å²) in [7, 11) is 1.38. The third-order valence-corrected chi connectivity index (χ3v) is 4.40. The second kappa shape index (κ2) is 5.66. The van der Waals surface area contributed by atoms with Crippen molar-refractivity contribution >= 4 is 23.1 Å². The van der Waals surface area contributed by atoms with Crippen molar-refractivity contribution in [3.63, 3.8) is 0 Å². The van der Waals surface area contributed by atoms with Crippen molar-refractivity contribution < 1.29 is 9.53 Å². The van der Waals surface area contributed by atoms with E-state index in [-0.39, 0.29) is 11.9 Å². The first-order valence-electron chi connectivity index (χ1n) is 7.13. The Bertz CT molecular complexity index is 683. The van der Waals surface area contributed by atoms with E-state index in [1.807, 2.05) is 10.5 Å². The molecule has 3 heterocycles. The zero-order chi connectivity index (χ0) is 15.0. The molecule has 21 heavy (non-hydrogen) atoms. The normalized spacial score (nSPS) is 19.3. The molecular weight excluding hydrogens is 290 g/mol. The number of halogens is 1. The van der Waals surface area contributed by atoms with Crippen molar-refractivity contribution in [2.45, 2.75) is 19.3 Å². The largest absolute Gasteiger partial charge is 0.464 e. The van der Waals surface area contributed by atoms with Crippen LogP contribution in [0.3, 0.4) is 0 Å². The van der Waals surface area contributed by atoms with E-state index >= 15 is 0 Å². The summed E-state index contributed by atoms with van der Waals surface area (Å²) in [6, 6.07) is 5.41. The number of pyridine rings is 1. The van der Waals surface area contributed by atoms with Crippen LogP contribution in [0.15, 0.2) is 18.2 Å². The van der Waals surface area contributed by atoms with Crippen LogP contribution in [0, 0.1) is 0 Å². The maximum atomic E-state index is 12.0. The van der Waals surface area contributed by atoms with Gasteiger partial charge in [0.25, 0.3) is 0 Å². The molecule has 112 valence electrons. The van der Waals surface area contributed by atoms with Crippen LogP contribution < -0.4 is 0 Å². The molecule has 1 unspecified atom stereocenters. The lowest BCUT2D eigenvalue weighted by Gasteiger charge is -2.13. The molecule has 0 radical (unpaired) electrons. The van der Waals surface area contributed by atoms with Crippen LogP contribution in [-0.2, 0) is 4.74 Å². The summed E-state index contributed by atoms with van der Waals surface area (Å²) in [5, 5.41) is 0.436. The summed E-state index contributed by atoms with van der Waals surface area (Å²) in [5.74, 6) is 0.768. The topological polar surface area (TPSA) is 46.8 Å². The number of likely N-dealkylation sites (N-methyl/N-ethyl adjacent to an activating group) is 1. The van der Waals surface area contributed by atoms with Crippen molar-refractivity contribution in [2.24, 2.45) is 0 Å². The van der Waals surface area contributed by atoms with Gasteiger partial charge >= 0.3 is 5.97 Å². The summed E-state index contributed by atoms with van der Waals surface area (Å²) < 4.78 is 6.72. The molecule has 2 aromatic heterocycles. The molecule has 0 saturated carbocycles. The predicted octanol–water partition coefficient (Wildman–Crippen LogP) is 2.58. The molecule has 0 spiro atoms. The smallest absolute Gasteiger partial charge is 0.355 e. The summed E-state index contributed by atoms with van der Waals surface area (Å²) in [6.45, 7) is 5.17. The van der Waals surface area contributed by atoms with E-state index in [4.69, 9.17) is 16.3 Å². The quantitative estimate of drug-likeness (QED) is 0.818. The molecule has 2 aromatic rings. The van der Waals surface area contributed by atoms with E-state index in [2.05, 4.69) is 16.8 Å². The number of hydrogen-bond donors (Lipinski definition) is 0. The van der Waals surface area contributed by atoms with Crippen LogP contribution in [0.1, 0.15) is 35.6 Å². The molecule has 0 aliphatic carbocycles. The second-order valence-electron chi connectivity index (χ2n) is 5.26. The number of nitrogens with zero attached hydrogens (tertiary/aromatic N) is 3. The minimum absolute atomic E-state index is 0.288. The number of rotatable bonds is 3. The Labute approximate surface area is 128 Å².